The first-order valence-electron chi connectivity index (χ1n) is 10.4. The minimum absolute atomic E-state index is 0.0305. The highest BCUT2D eigenvalue weighted by Crippen LogP contribution is 2.24. The zero-order valence-electron chi connectivity index (χ0n) is 18.5. The van der Waals surface area contributed by atoms with E-state index < -0.39 is 6.04 Å². The van der Waals surface area contributed by atoms with Gasteiger partial charge in [0.05, 0.1) is 5.75 Å². The van der Waals surface area contributed by atoms with Crippen molar-refractivity contribution in [1.29, 1.82) is 0 Å². The van der Waals surface area contributed by atoms with Gasteiger partial charge < -0.3 is 10.2 Å². The molecular formula is C24H30ClFN2O2S. The number of hydrogen-bond donors (Lipinski definition) is 1. The number of rotatable bonds is 10. The Morgan fingerprint density at radius 2 is 1.87 bits per heavy atom. The third-order valence-corrected chi connectivity index (χ3v) is 6.60. The monoisotopic (exact) mass is 464 g/mol. The lowest BCUT2D eigenvalue weighted by molar-refractivity contribution is -0.138. The van der Waals surface area contributed by atoms with Gasteiger partial charge in [0, 0.05) is 28.9 Å². The van der Waals surface area contributed by atoms with Crippen LogP contribution in [0.3, 0.4) is 0 Å². The number of carbonyl (C=O) groups is 2. The highest BCUT2D eigenvalue weighted by Gasteiger charge is 2.27. The summed E-state index contributed by atoms with van der Waals surface area (Å²) in [4.78, 5) is 27.5. The number of benzene rings is 2. The lowest BCUT2D eigenvalue weighted by Gasteiger charge is -2.30. The number of amides is 2. The molecule has 2 aromatic rings. The molecule has 0 aromatic heterocycles. The van der Waals surface area contributed by atoms with Crippen molar-refractivity contribution in [3.8, 4) is 0 Å². The molecule has 2 aromatic carbocycles. The average Bonchev–Trinajstić information content (AvgIpc) is 2.74. The van der Waals surface area contributed by atoms with Gasteiger partial charge in [0.2, 0.25) is 11.8 Å². The van der Waals surface area contributed by atoms with Crippen molar-refractivity contribution in [2.75, 3.05) is 5.75 Å². The van der Waals surface area contributed by atoms with Crippen LogP contribution in [0.25, 0.3) is 0 Å². The maximum atomic E-state index is 14.0. The summed E-state index contributed by atoms with van der Waals surface area (Å²) in [5.74, 6) is -0.336. The van der Waals surface area contributed by atoms with Crippen molar-refractivity contribution < 1.29 is 14.0 Å². The first-order chi connectivity index (χ1) is 14.7. The number of nitrogens with one attached hydrogen (secondary N) is 1. The van der Waals surface area contributed by atoms with Gasteiger partial charge in [-0.2, -0.15) is 0 Å². The fourth-order valence-corrected chi connectivity index (χ4v) is 4.26. The van der Waals surface area contributed by atoms with Gasteiger partial charge in [0.15, 0.2) is 0 Å². The molecule has 0 aliphatic rings. The molecule has 4 nitrogen and oxygen atoms in total. The van der Waals surface area contributed by atoms with Gasteiger partial charge in [-0.1, -0.05) is 48.9 Å². The van der Waals surface area contributed by atoms with E-state index in [0.29, 0.717) is 17.1 Å². The Morgan fingerprint density at radius 1 is 1.16 bits per heavy atom. The van der Waals surface area contributed by atoms with Crippen molar-refractivity contribution in [2.24, 2.45) is 0 Å². The van der Waals surface area contributed by atoms with Crippen LogP contribution in [-0.4, -0.2) is 34.6 Å². The Labute approximate surface area is 193 Å². The van der Waals surface area contributed by atoms with Gasteiger partial charge in [-0.25, -0.2) is 4.39 Å². The van der Waals surface area contributed by atoms with Crippen LogP contribution in [0.1, 0.15) is 43.9 Å². The number of aryl methyl sites for hydroxylation is 1. The summed E-state index contributed by atoms with van der Waals surface area (Å²) >= 11 is 7.37. The molecule has 168 valence electrons. The fourth-order valence-electron chi connectivity index (χ4n) is 3.01. The molecule has 2 atom stereocenters. The van der Waals surface area contributed by atoms with Crippen LogP contribution in [-0.2, 0) is 21.9 Å². The number of hydrogen-bond acceptors (Lipinski definition) is 3. The average molecular weight is 465 g/mol. The molecule has 0 fully saturated rings. The van der Waals surface area contributed by atoms with E-state index in [1.165, 1.54) is 17.8 Å². The molecule has 0 saturated heterocycles. The summed E-state index contributed by atoms with van der Waals surface area (Å²) in [5, 5.41) is 3.30. The molecular weight excluding hydrogens is 435 g/mol. The van der Waals surface area contributed by atoms with Crippen LogP contribution >= 0.6 is 23.4 Å². The lowest BCUT2D eigenvalue weighted by atomic mass is 10.1. The maximum absolute atomic E-state index is 14.0. The first-order valence-corrected chi connectivity index (χ1v) is 11.9. The van der Waals surface area contributed by atoms with Gasteiger partial charge >= 0.3 is 0 Å². The molecule has 31 heavy (non-hydrogen) atoms. The van der Waals surface area contributed by atoms with Crippen molar-refractivity contribution >= 4 is 35.2 Å². The van der Waals surface area contributed by atoms with Crippen molar-refractivity contribution in [3.63, 3.8) is 0 Å². The Kier molecular flexibility index (Phi) is 9.85. The SMILES string of the molecule is CC[C@H](C)NC(=O)[C@@H](C)N(Cc1ccccc1C)C(=O)CSCc1c(F)cccc1Cl. The van der Waals surface area contributed by atoms with Crippen LogP contribution in [0.15, 0.2) is 42.5 Å². The van der Waals surface area contributed by atoms with E-state index in [4.69, 9.17) is 11.6 Å². The summed E-state index contributed by atoms with van der Waals surface area (Å²) in [6.07, 6.45) is 0.809. The molecule has 0 unspecified atom stereocenters. The normalized spacial score (nSPS) is 12.8. The highest BCUT2D eigenvalue weighted by atomic mass is 35.5. The maximum Gasteiger partial charge on any atom is 0.242 e. The minimum atomic E-state index is -0.626. The second kappa shape index (κ2) is 12.1. The molecule has 2 rings (SSSR count). The summed E-state index contributed by atoms with van der Waals surface area (Å²) < 4.78 is 14.0. The third kappa shape index (κ3) is 7.25. The third-order valence-electron chi connectivity index (χ3n) is 5.30. The van der Waals surface area contributed by atoms with E-state index in [1.807, 2.05) is 45.0 Å². The summed E-state index contributed by atoms with van der Waals surface area (Å²) in [5.41, 5.74) is 2.43. The van der Waals surface area contributed by atoms with Gasteiger partial charge in [0.25, 0.3) is 0 Å². The minimum Gasteiger partial charge on any atom is -0.352 e. The van der Waals surface area contributed by atoms with Gasteiger partial charge in [-0.05, 0) is 50.5 Å². The molecule has 0 bridgehead atoms. The summed E-state index contributed by atoms with van der Waals surface area (Å²) in [6, 6.07) is 11.8. The molecule has 2 amide bonds. The smallest absolute Gasteiger partial charge is 0.242 e. The molecule has 0 saturated carbocycles. The summed E-state index contributed by atoms with van der Waals surface area (Å²) in [6.45, 7) is 7.99. The van der Waals surface area contributed by atoms with Crippen LogP contribution in [0, 0.1) is 12.7 Å². The predicted molar refractivity (Wildman–Crippen MR) is 127 cm³/mol. The van der Waals surface area contributed by atoms with E-state index in [-0.39, 0.29) is 35.2 Å². The zero-order valence-corrected chi connectivity index (χ0v) is 20.0. The molecule has 1 N–H and O–H groups in total. The molecule has 0 radical (unpaired) electrons. The van der Waals surface area contributed by atoms with Gasteiger partial charge in [0.1, 0.15) is 11.9 Å². The standard InChI is InChI=1S/C24H30ClFN2O2S/c1-5-17(3)27-24(30)18(4)28(13-19-10-7-6-9-16(19)2)23(29)15-31-14-20-21(25)11-8-12-22(20)26/h6-12,17-18H,5,13-15H2,1-4H3,(H,27,30)/t17-,18+/m0/s1. The van der Waals surface area contributed by atoms with Crippen LogP contribution in [0.4, 0.5) is 4.39 Å². The predicted octanol–water partition coefficient (Wildman–Crippen LogP) is 5.35. The number of carbonyl (C=O) groups excluding carboxylic acids is 2. The van der Waals surface area contributed by atoms with Crippen LogP contribution in [0.2, 0.25) is 5.02 Å². The Morgan fingerprint density at radius 3 is 2.52 bits per heavy atom. The Hall–Kier alpha value is -2.05. The van der Waals surface area contributed by atoms with E-state index >= 15 is 0 Å². The van der Waals surface area contributed by atoms with Crippen LogP contribution in [0.5, 0.6) is 0 Å². The van der Waals surface area contributed by atoms with Crippen molar-refractivity contribution in [1.82, 2.24) is 10.2 Å². The number of nitrogens with zero attached hydrogens (tertiary/aromatic N) is 1. The number of halogens is 2. The van der Waals surface area contributed by atoms with Gasteiger partial charge in [-0.15, -0.1) is 11.8 Å². The Balaban J connectivity index is 2.13. The van der Waals surface area contributed by atoms with Crippen molar-refractivity contribution in [2.45, 2.75) is 58.5 Å². The zero-order chi connectivity index (χ0) is 23.0. The molecule has 0 heterocycles. The lowest BCUT2D eigenvalue weighted by Crippen LogP contribution is -2.50. The van der Waals surface area contributed by atoms with E-state index in [1.54, 1.807) is 24.0 Å². The first kappa shape index (κ1) is 25.2. The molecule has 0 aliphatic heterocycles. The topological polar surface area (TPSA) is 49.4 Å². The number of thioether (sulfide) groups is 1. The molecule has 0 spiro atoms. The van der Waals surface area contributed by atoms with Crippen molar-refractivity contribution in [3.05, 3.63) is 70.0 Å². The summed E-state index contributed by atoms with van der Waals surface area (Å²) in [7, 11) is 0. The molecule has 7 heteroatoms. The highest BCUT2D eigenvalue weighted by molar-refractivity contribution is 7.99. The molecule has 0 aliphatic carbocycles. The van der Waals surface area contributed by atoms with Crippen LogP contribution < -0.4 is 5.32 Å². The fraction of sp³-hybridized carbons (Fsp3) is 0.417. The van der Waals surface area contributed by atoms with E-state index in [0.717, 1.165) is 17.5 Å². The largest absolute Gasteiger partial charge is 0.352 e. The quantitative estimate of drug-likeness (QED) is 0.515. The second-order valence-electron chi connectivity index (χ2n) is 7.63. The van der Waals surface area contributed by atoms with Gasteiger partial charge in [-0.3, -0.25) is 9.59 Å². The van der Waals surface area contributed by atoms with E-state index in [2.05, 4.69) is 5.32 Å². The Bertz CT molecular complexity index is 889. The second-order valence-corrected chi connectivity index (χ2v) is 9.03. The van der Waals surface area contributed by atoms with E-state index in [9.17, 15) is 14.0 Å².